The summed E-state index contributed by atoms with van der Waals surface area (Å²) in [5, 5.41) is 6.28. The van der Waals surface area contributed by atoms with Gasteiger partial charge in [0, 0.05) is 6.04 Å². The number of urea groups is 1. The van der Waals surface area contributed by atoms with Crippen molar-refractivity contribution < 1.29 is 9.59 Å². The largest absolute Gasteiger partial charge is 0.325 e. The second-order valence-corrected chi connectivity index (χ2v) is 6.35. The summed E-state index contributed by atoms with van der Waals surface area (Å²) in [6.07, 6.45) is 5.44. The maximum Gasteiger partial charge on any atom is 0.325 e. The maximum absolute atomic E-state index is 12.7. The van der Waals surface area contributed by atoms with Gasteiger partial charge in [-0.3, -0.25) is 9.69 Å². The number of amides is 3. The van der Waals surface area contributed by atoms with Crippen molar-refractivity contribution in [1.29, 1.82) is 0 Å². The first-order chi connectivity index (χ1) is 9.12. The molecule has 0 atom stereocenters. The molecule has 1 saturated carbocycles. The fourth-order valence-electron chi connectivity index (χ4n) is 3.63. The molecule has 19 heavy (non-hydrogen) atoms. The Balaban J connectivity index is 1.77. The standard InChI is InChI=1S/C14H23N3O2/c1-10-2-6-14(7-3-10)12(18)17(13(19)16-14)11-4-8-15-9-5-11/h10-11,15H,2-9H2,1H3,(H,16,19). The van der Waals surface area contributed by atoms with Gasteiger partial charge >= 0.3 is 6.03 Å². The minimum absolute atomic E-state index is 0.0382. The number of rotatable bonds is 1. The van der Waals surface area contributed by atoms with E-state index in [9.17, 15) is 9.59 Å². The monoisotopic (exact) mass is 265 g/mol. The van der Waals surface area contributed by atoms with Crippen molar-refractivity contribution >= 4 is 11.9 Å². The molecule has 3 amide bonds. The molecule has 2 saturated heterocycles. The van der Waals surface area contributed by atoms with Crippen LogP contribution in [0.4, 0.5) is 4.79 Å². The Kier molecular flexibility index (Phi) is 3.25. The number of carbonyl (C=O) groups is 2. The molecule has 0 aromatic rings. The second-order valence-electron chi connectivity index (χ2n) is 6.35. The molecule has 0 aromatic heterocycles. The SMILES string of the molecule is CC1CCC2(CC1)NC(=O)N(C1CCNCC1)C2=O. The average Bonchev–Trinajstić information content (AvgIpc) is 2.66. The summed E-state index contributed by atoms with van der Waals surface area (Å²) in [5.41, 5.74) is -0.575. The van der Waals surface area contributed by atoms with Gasteiger partial charge in [0.05, 0.1) is 0 Å². The van der Waals surface area contributed by atoms with Crippen LogP contribution < -0.4 is 10.6 Å². The van der Waals surface area contributed by atoms with E-state index < -0.39 is 5.54 Å². The third-order valence-electron chi connectivity index (χ3n) is 4.99. The lowest BCUT2D eigenvalue weighted by Gasteiger charge is -2.35. The molecule has 5 nitrogen and oxygen atoms in total. The Morgan fingerprint density at radius 2 is 1.74 bits per heavy atom. The van der Waals surface area contributed by atoms with Gasteiger partial charge in [0.25, 0.3) is 5.91 Å². The first-order valence-electron chi connectivity index (χ1n) is 7.49. The quantitative estimate of drug-likeness (QED) is 0.701. The van der Waals surface area contributed by atoms with Gasteiger partial charge in [-0.25, -0.2) is 4.79 Å². The minimum Gasteiger partial charge on any atom is -0.323 e. The van der Waals surface area contributed by atoms with Crippen LogP contribution in [0.1, 0.15) is 45.4 Å². The Morgan fingerprint density at radius 1 is 1.11 bits per heavy atom. The molecule has 1 aliphatic carbocycles. The number of nitrogens with one attached hydrogen (secondary N) is 2. The number of imide groups is 1. The van der Waals surface area contributed by atoms with Crippen LogP contribution in [0.15, 0.2) is 0 Å². The van der Waals surface area contributed by atoms with Crippen LogP contribution in [0.5, 0.6) is 0 Å². The van der Waals surface area contributed by atoms with E-state index in [1.165, 1.54) is 4.90 Å². The van der Waals surface area contributed by atoms with Crippen LogP contribution in [0.3, 0.4) is 0 Å². The number of hydrogen-bond acceptors (Lipinski definition) is 3. The number of hydrogen-bond donors (Lipinski definition) is 2. The van der Waals surface area contributed by atoms with Crippen molar-refractivity contribution in [2.45, 2.75) is 57.0 Å². The normalized spacial score (nSPS) is 36.9. The van der Waals surface area contributed by atoms with E-state index in [4.69, 9.17) is 0 Å². The lowest BCUT2D eigenvalue weighted by atomic mass is 9.77. The van der Waals surface area contributed by atoms with E-state index in [0.29, 0.717) is 5.92 Å². The van der Waals surface area contributed by atoms with E-state index in [1.807, 2.05) is 0 Å². The fraction of sp³-hybridized carbons (Fsp3) is 0.857. The average molecular weight is 265 g/mol. The predicted molar refractivity (Wildman–Crippen MR) is 71.6 cm³/mol. The van der Waals surface area contributed by atoms with Gasteiger partial charge in [-0.05, 0) is 57.5 Å². The number of carbonyl (C=O) groups excluding carboxylic acids is 2. The van der Waals surface area contributed by atoms with Gasteiger partial charge in [-0.15, -0.1) is 0 Å². The highest BCUT2D eigenvalue weighted by Gasteiger charge is 2.53. The minimum atomic E-state index is -0.575. The van der Waals surface area contributed by atoms with Crippen molar-refractivity contribution in [1.82, 2.24) is 15.5 Å². The zero-order valence-corrected chi connectivity index (χ0v) is 11.6. The summed E-state index contributed by atoms with van der Waals surface area (Å²) in [5.74, 6) is 0.708. The third kappa shape index (κ3) is 2.14. The smallest absolute Gasteiger partial charge is 0.323 e. The summed E-state index contributed by atoms with van der Waals surface area (Å²) in [7, 11) is 0. The van der Waals surface area contributed by atoms with Crippen molar-refractivity contribution in [2.75, 3.05) is 13.1 Å². The van der Waals surface area contributed by atoms with Gasteiger partial charge in [0.2, 0.25) is 0 Å². The molecule has 3 fully saturated rings. The first kappa shape index (κ1) is 12.9. The summed E-state index contributed by atoms with van der Waals surface area (Å²) < 4.78 is 0. The highest BCUT2D eigenvalue weighted by Crippen LogP contribution is 2.37. The lowest BCUT2D eigenvalue weighted by molar-refractivity contribution is -0.134. The zero-order valence-electron chi connectivity index (χ0n) is 11.6. The molecule has 2 aliphatic heterocycles. The van der Waals surface area contributed by atoms with Crippen LogP contribution in [0.25, 0.3) is 0 Å². The summed E-state index contributed by atoms with van der Waals surface area (Å²) in [4.78, 5) is 26.5. The Hall–Kier alpha value is -1.10. The second kappa shape index (κ2) is 4.78. The van der Waals surface area contributed by atoms with Crippen LogP contribution in [0.2, 0.25) is 0 Å². The molecule has 3 rings (SSSR count). The molecule has 0 radical (unpaired) electrons. The highest BCUT2D eigenvalue weighted by atomic mass is 16.2. The first-order valence-corrected chi connectivity index (χ1v) is 7.49. The molecular formula is C14H23N3O2. The van der Waals surface area contributed by atoms with Crippen molar-refractivity contribution in [2.24, 2.45) is 5.92 Å². The van der Waals surface area contributed by atoms with Gasteiger partial charge < -0.3 is 10.6 Å². The van der Waals surface area contributed by atoms with Gasteiger partial charge in [-0.1, -0.05) is 6.92 Å². The van der Waals surface area contributed by atoms with Gasteiger partial charge in [0.15, 0.2) is 0 Å². The molecule has 0 bridgehead atoms. The van der Waals surface area contributed by atoms with Crippen molar-refractivity contribution in [3.63, 3.8) is 0 Å². The van der Waals surface area contributed by atoms with E-state index in [2.05, 4.69) is 17.6 Å². The van der Waals surface area contributed by atoms with Crippen LogP contribution in [0, 0.1) is 5.92 Å². The van der Waals surface area contributed by atoms with Gasteiger partial charge in [-0.2, -0.15) is 0 Å². The summed E-state index contributed by atoms with van der Waals surface area (Å²) in [6.45, 7) is 4.01. The van der Waals surface area contributed by atoms with E-state index in [1.54, 1.807) is 0 Å². The Morgan fingerprint density at radius 3 is 2.37 bits per heavy atom. The molecule has 2 N–H and O–H groups in total. The lowest BCUT2D eigenvalue weighted by Crippen LogP contribution is -2.51. The summed E-state index contributed by atoms with van der Waals surface area (Å²) >= 11 is 0. The molecule has 3 aliphatic rings. The molecule has 1 spiro atoms. The van der Waals surface area contributed by atoms with Crippen LogP contribution in [-0.2, 0) is 4.79 Å². The fourth-order valence-corrected chi connectivity index (χ4v) is 3.63. The Labute approximate surface area is 114 Å². The maximum atomic E-state index is 12.7. The van der Waals surface area contributed by atoms with E-state index in [0.717, 1.165) is 51.6 Å². The predicted octanol–water partition coefficient (Wildman–Crippen LogP) is 1.24. The van der Waals surface area contributed by atoms with E-state index in [-0.39, 0.29) is 18.0 Å². The summed E-state index contributed by atoms with van der Waals surface area (Å²) in [6, 6.07) is -0.0704. The molecular weight excluding hydrogens is 242 g/mol. The van der Waals surface area contributed by atoms with Crippen LogP contribution >= 0.6 is 0 Å². The number of piperidine rings is 1. The van der Waals surface area contributed by atoms with Gasteiger partial charge in [0.1, 0.15) is 5.54 Å². The molecule has 2 heterocycles. The molecule has 0 unspecified atom stereocenters. The highest BCUT2D eigenvalue weighted by molar-refractivity contribution is 6.07. The van der Waals surface area contributed by atoms with Crippen LogP contribution in [-0.4, -0.2) is 41.5 Å². The Bertz CT molecular complexity index is 382. The molecule has 106 valence electrons. The van der Waals surface area contributed by atoms with Crippen molar-refractivity contribution in [3.05, 3.63) is 0 Å². The van der Waals surface area contributed by atoms with E-state index >= 15 is 0 Å². The number of nitrogens with zero attached hydrogens (tertiary/aromatic N) is 1. The zero-order chi connectivity index (χ0) is 13.5. The molecule has 5 heteroatoms. The van der Waals surface area contributed by atoms with Crippen molar-refractivity contribution in [3.8, 4) is 0 Å². The third-order valence-corrected chi connectivity index (χ3v) is 4.99. The molecule has 0 aromatic carbocycles. The topological polar surface area (TPSA) is 61.4 Å².